The summed E-state index contributed by atoms with van der Waals surface area (Å²) in [6.07, 6.45) is 3.86. The van der Waals surface area contributed by atoms with Crippen molar-refractivity contribution in [1.29, 1.82) is 0 Å². The van der Waals surface area contributed by atoms with Crippen molar-refractivity contribution in [2.45, 2.75) is 13.3 Å². The molecule has 1 heterocycles. The predicted molar refractivity (Wildman–Crippen MR) is 77.6 cm³/mol. The summed E-state index contributed by atoms with van der Waals surface area (Å²) in [5.74, 6) is -0.238. The number of carbonyl (C=O) groups excluding carboxylic acids is 1. The van der Waals surface area contributed by atoms with Crippen molar-refractivity contribution >= 4 is 21.7 Å². The minimum absolute atomic E-state index is 0.157. The number of hydrogen-bond acceptors (Lipinski definition) is 3. The van der Waals surface area contributed by atoms with Gasteiger partial charge in [-0.3, -0.25) is 9.78 Å². The summed E-state index contributed by atoms with van der Waals surface area (Å²) >= 11 is 3.09. The molecule has 0 aliphatic rings. The van der Waals surface area contributed by atoms with Gasteiger partial charge in [-0.05, 0) is 40.5 Å². The lowest BCUT2D eigenvalue weighted by molar-refractivity contribution is 0.103. The number of rotatable bonds is 5. The lowest BCUT2D eigenvalue weighted by Gasteiger charge is -2.07. The molecule has 0 atom stereocenters. The highest BCUT2D eigenvalue weighted by atomic mass is 79.9. The van der Waals surface area contributed by atoms with Crippen LogP contribution in [0.4, 0.5) is 4.39 Å². The van der Waals surface area contributed by atoms with Crippen LogP contribution < -0.4 is 4.74 Å². The smallest absolute Gasteiger partial charge is 0.195 e. The Morgan fingerprint density at radius 3 is 2.95 bits per heavy atom. The number of aromatic nitrogens is 1. The second kappa shape index (κ2) is 6.61. The van der Waals surface area contributed by atoms with E-state index in [4.69, 9.17) is 4.74 Å². The molecule has 0 N–H and O–H groups in total. The largest absolute Gasteiger partial charge is 0.492 e. The van der Waals surface area contributed by atoms with Gasteiger partial charge in [0.25, 0.3) is 0 Å². The highest BCUT2D eigenvalue weighted by molar-refractivity contribution is 9.10. The Bertz CT molecular complexity index is 631. The number of halogens is 2. The lowest BCUT2D eigenvalue weighted by Crippen LogP contribution is -2.05. The fourth-order valence-electron chi connectivity index (χ4n) is 1.68. The van der Waals surface area contributed by atoms with Gasteiger partial charge in [0.2, 0.25) is 0 Å². The molecular weight excluding hydrogens is 325 g/mol. The van der Waals surface area contributed by atoms with E-state index in [1.54, 1.807) is 18.3 Å². The number of benzene rings is 1. The first-order valence-electron chi connectivity index (χ1n) is 6.20. The van der Waals surface area contributed by atoms with Crippen LogP contribution in [-0.4, -0.2) is 17.4 Å². The molecule has 104 valence electrons. The Morgan fingerprint density at radius 1 is 1.40 bits per heavy atom. The van der Waals surface area contributed by atoms with Crippen LogP contribution in [-0.2, 0) is 0 Å². The first-order chi connectivity index (χ1) is 9.63. The zero-order valence-electron chi connectivity index (χ0n) is 10.9. The zero-order valence-corrected chi connectivity index (χ0v) is 12.5. The first-order valence-corrected chi connectivity index (χ1v) is 6.99. The molecule has 0 saturated heterocycles. The number of ether oxygens (including phenoxy) is 1. The fourth-order valence-corrected chi connectivity index (χ4v) is 2.12. The van der Waals surface area contributed by atoms with Gasteiger partial charge in [-0.15, -0.1) is 0 Å². The third-order valence-electron chi connectivity index (χ3n) is 2.64. The van der Waals surface area contributed by atoms with Gasteiger partial charge in [-0.2, -0.15) is 0 Å². The molecule has 1 aromatic heterocycles. The lowest BCUT2D eigenvalue weighted by atomic mass is 10.0. The molecule has 0 radical (unpaired) electrons. The molecule has 1 aromatic carbocycles. The highest BCUT2D eigenvalue weighted by Crippen LogP contribution is 2.24. The second-order valence-corrected chi connectivity index (χ2v) is 4.98. The van der Waals surface area contributed by atoms with E-state index in [1.807, 2.05) is 6.92 Å². The second-order valence-electron chi connectivity index (χ2n) is 4.19. The van der Waals surface area contributed by atoms with E-state index < -0.39 is 5.82 Å². The average molecular weight is 338 g/mol. The molecule has 0 spiro atoms. The molecule has 0 saturated carbocycles. The molecule has 2 aromatic rings. The van der Waals surface area contributed by atoms with E-state index >= 15 is 0 Å². The molecule has 0 aliphatic carbocycles. The van der Waals surface area contributed by atoms with Crippen LogP contribution in [0.1, 0.15) is 29.3 Å². The summed E-state index contributed by atoms with van der Waals surface area (Å²) < 4.78 is 19.1. The van der Waals surface area contributed by atoms with Gasteiger partial charge in [0.05, 0.1) is 17.3 Å². The Morgan fingerprint density at radius 2 is 2.20 bits per heavy atom. The van der Waals surface area contributed by atoms with E-state index in [0.717, 1.165) is 6.42 Å². The van der Waals surface area contributed by atoms with E-state index in [0.29, 0.717) is 17.9 Å². The maximum Gasteiger partial charge on any atom is 0.195 e. The quantitative estimate of drug-likeness (QED) is 0.774. The molecule has 0 bridgehead atoms. The van der Waals surface area contributed by atoms with Gasteiger partial charge in [0.15, 0.2) is 5.78 Å². The number of carbonyl (C=O) groups is 1. The summed E-state index contributed by atoms with van der Waals surface area (Å²) in [6, 6.07) is 5.97. The monoisotopic (exact) mass is 337 g/mol. The summed E-state index contributed by atoms with van der Waals surface area (Å²) in [6.45, 7) is 2.55. The van der Waals surface area contributed by atoms with Gasteiger partial charge in [-0.1, -0.05) is 13.0 Å². The molecule has 20 heavy (non-hydrogen) atoms. The van der Waals surface area contributed by atoms with Crippen LogP contribution >= 0.6 is 15.9 Å². The third kappa shape index (κ3) is 3.22. The van der Waals surface area contributed by atoms with E-state index in [9.17, 15) is 9.18 Å². The fraction of sp³-hybridized carbons (Fsp3) is 0.200. The van der Waals surface area contributed by atoms with E-state index in [2.05, 4.69) is 20.9 Å². The van der Waals surface area contributed by atoms with Crippen molar-refractivity contribution < 1.29 is 13.9 Å². The molecular formula is C15H13BrFNO2. The van der Waals surface area contributed by atoms with Crippen LogP contribution in [0, 0.1) is 5.82 Å². The van der Waals surface area contributed by atoms with Crippen LogP contribution in [0.3, 0.4) is 0 Å². The molecule has 3 nitrogen and oxygen atoms in total. The van der Waals surface area contributed by atoms with Gasteiger partial charge < -0.3 is 4.74 Å². The standard InChI is InChI=1S/C15H13BrFNO2/c1-2-6-20-11-7-10(8-18-9-11)15(19)12-4-3-5-13(17)14(12)16/h3-5,7-9H,2,6H2,1H3. The Kier molecular flexibility index (Phi) is 4.84. The summed E-state index contributed by atoms with van der Waals surface area (Å²) in [4.78, 5) is 16.3. The first kappa shape index (κ1) is 14.7. The maximum atomic E-state index is 13.5. The van der Waals surface area contributed by atoms with Crippen molar-refractivity contribution in [2.24, 2.45) is 0 Å². The van der Waals surface area contributed by atoms with Gasteiger partial charge >= 0.3 is 0 Å². The molecule has 2 rings (SSSR count). The van der Waals surface area contributed by atoms with Gasteiger partial charge in [0, 0.05) is 17.3 Å². The SMILES string of the molecule is CCCOc1cncc(C(=O)c2cccc(F)c2Br)c1. The Labute approximate surface area is 124 Å². The molecule has 5 heteroatoms. The minimum atomic E-state index is -0.470. The average Bonchev–Trinajstić information content (AvgIpc) is 2.47. The van der Waals surface area contributed by atoms with Crippen LogP contribution in [0.5, 0.6) is 5.75 Å². The highest BCUT2D eigenvalue weighted by Gasteiger charge is 2.16. The van der Waals surface area contributed by atoms with Crippen molar-refractivity contribution in [1.82, 2.24) is 4.98 Å². The van der Waals surface area contributed by atoms with Crippen molar-refractivity contribution in [3.63, 3.8) is 0 Å². The van der Waals surface area contributed by atoms with Crippen molar-refractivity contribution in [3.8, 4) is 5.75 Å². The predicted octanol–water partition coefficient (Wildman–Crippen LogP) is 4.00. The molecule has 0 aliphatic heterocycles. The van der Waals surface area contributed by atoms with Crippen molar-refractivity contribution in [3.05, 3.63) is 58.1 Å². The van der Waals surface area contributed by atoms with Crippen LogP contribution in [0.2, 0.25) is 0 Å². The third-order valence-corrected chi connectivity index (χ3v) is 3.45. The Balaban J connectivity index is 2.31. The summed E-state index contributed by atoms with van der Waals surface area (Å²) in [5.41, 5.74) is 0.629. The van der Waals surface area contributed by atoms with E-state index in [-0.39, 0.29) is 15.8 Å². The van der Waals surface area contributed by atoms with Gasteiger partial charge in [-0.25, -0.2) is 4.39 Å². The number of pyridine rings is 1. The van der Waals surface area contributed by atoms with Crippen LogP contribution in [0.15, 0.2) is 41.1 Å². The molecule has 0 amide bonds. The summed E-state index contributed by atoms with van der Waals surface area (Å²) in [5, 5.41) is 0. The molecule has 0 unspecified atom stereocenters. The number of nitrogens with zero attached hydrogens (tertiary/aromatic N) is 1. The Hall–Kier alpha value is -1.75. The minimum Gasteiger partial charge on any atom is -0.492 e. The number of hydrogen-bond donors (Lipinski definition) is 0. The van der Waals surface area contributed by atoms with Gasteiger partial charge in [0.1, 0.15) is 11.6 Å². The molecule has 0 fully saturated rings. The van der Waals surface area contributed by atoms with Crippen LogP contribution in [0.25, 0.3) is 0 Å². The zero-order chi connectivity index (χ0) is 14.5. The topological polar surface area (TPSA) is 39.2 Å². The number of ketones is 1. The van der Waals surface area contributed by atoms with E-state index in [1.165, 1.54) is 18.3 Å². The summed E-state index contributed by atoms with van der Waals surface area (Å²) in [7, 11) is 0. The van der Waals surface area contributed by atoms with Crippen molar-refractivity contribution in [2.75, 3.05) is 6.61 Å². The normalized spacial score (nSPS) is 10.3. The maximum absolute atomic E-state index is 13.5.